The molecule has 0 aliphatic heterocycles. The summed E-state index contributed by atoms with van der Waals surface area (Å²) in [6.07, 6.45) is 7.12. The van der Waals surface area contributed by atoms with E-state index in [4.69, 9.17) is 11.6 Å². The van der Waals surface area contributed by atoms with Crippen LogP contribution in [0.1, 0.15) is 5.56 Å². The molecule has 0 aromatic carbocycles. The van der Waals surface area contributed by atoms with Gasteiger partial charge in [-0.15, -0.1) is 0 Å². The van der Waals surface area contributed by atoms with Gasteiger partial charge in [-0.25, -0.2) is 15.0 Å². The molecule has 0 radical (unpaired) electrons. The Balaban J connectivity index is 2.23. The van der Waals surface area contributed by atoms with E-state index in [2.05, 4.69) is 15.0 Å². The van der Waals surface area contributed by atoms with Crippen molar-refractivity contribution in [2.24, 2.45) is 0 Å². The van der Waals surface area contributed by atoms with Crippen LogP contribution in [-0.2, 0) is 0 Å². The number of hydrogen-bond donors (Lipinski definition) is 0. The first-order valence-electron chi connectivity index (χ1n) is 5.16. The Kier molecular flexibility index (Phi) is 2.30. The van der Waals surface area contributed by atoms with Crippen LogP contribution in [0.2, 0.25) is 5.02 Å². The SMILES string of the molecule is Cc1cnc(-c2ncc3ccc(Cl)cn23)nc1. The van der Waals surface area contributed by atoms with Gasteiger partial charge in [-0.1, -0.05) is 11.6 Å². The third kappa shape index (κ3) is 1.76. The number of hydrogen-bond acceptors (Lipinski definition) is 3. The standard InChI is InChI=1S/C12H9ClN4/c1-8-4-14-11(15-5-8)12-16-6-10-3-2-9(13)7-17(10)12/h2-7H,1H3. The molecule has 0 bridgehead atoms. The summed E-state index contributed by atoms with van der Waals surface area (Å²) in [6.45, 7) is 1.95. The summed E-state index contributed by atoms with van der Waals surface area (Å²) in [4.78, 5) is 12.8. The predicted molar refractivity (Wildman–Crippen MR) is 66.0 cm³/mol. The van der Waals surface area contributed by atoms with Crippen LogP contribution in [0.3, 0.4) is 0 Å². The zero-order valence-corrected chi connectivity index (χ0v) is 9.89. The van der Waals surface area contributed by atoms with Crippen LogP contribution >= 0.6 is 11.6 Å². The molecular weight excluding hydrogens is 236 g/mol. The highest BCUT2D eigenvalue weighted by atomic mass is 35.5. The lowest BCUT2D eigenvalue weighted by Crippen LogP contribution is -1.95. The first-order valence-corrected chi connectivity index (χ1v) is 5.53. The van der Waals surface area contributed by atoms with Gasteiger partial charge in [0.2, 0.25) is 0 Å². The van der Waals surface area contributed by atoms with Crippen LogP contribution < -0.4 is 0 Å². The van der Waals surface area contributed by atoms with Gasteiger partial charge in [0.15, 0.2) is 11.6 Å². The number of halogens is 1. The van der Waals surface area contributed by atoms with Crippen molar-refractivity contribution >= 4 is 17.1 Å². The maximum absolute atomic E-state index is 5.97. The van der Waals surface area contributed by atoms with Gasteiger partial charge in [0, 0.05) is 18.6 Å². The maximum Gasteiger partial charge on any atom is 0.196 e. The molecule has 3 heterocycles. The van der Waals surface area contributed by atoms with Crippen molar-refractivity contribution in [3.05, 3.63) is 47.5 Å². The first kappa shape index (κ1) is 10.2. The van der Waals surface area contributed by atoms with Crippen molar-refractivity contribution in [1.29, 1.82) is 0 Å². The van der Waals surface area contributed by atoms with E-state index in [-0.39, 0.29) is 0 Å². The van der Waals surface area contributed by atoms with Gasteiger partial charge in [0.1, 0.15) is 0 Å². The van der Waals surface area contributed by atoms with E-state index >= 15 is 0 Å². The fraction of sp³-hybridized carbons (Fsp3) is 0.0833. The van der Waals surface area contributed by atoms with E-state index in [1.807, 2.05) is 29.7 Å². The average molecular weight is 245 g/mol. The lowest BCUT2D eigenvalue weighted by molar-refractivity contribution is 1.06. The highest BCUT2D eigenvalue weighted by Gasteiger charge is 2.08. The maximum atomic E-state index is 5.97. The molecule has 0 amide bonds. The molecule has 0 spiro atoms. The predicted octanol–water partition coefficient (Wildman–Crippen LogP) is 2.75. The van der Waals surface area contributed by atoms with Crippen LogP contribution in [-0.4, -0.2) is 19.4 Å². The van der Waals surface area contributed by atoms with E-state index in [9.17, 15) is 0 Å². The average Bonchev–Trinajstić information content (AvgIpc) is 2.73. The molecule has 0 saturated heterocycles. The van der Waals surface area contributed by atoms with Gasteiger partial charge in [0.05, 0.1) is 16.7 Å². The molecule has 3 aromatic heterocycles. The summed E-state index contributed by atoms with van der Waals surface area (Å²) in [5, 5.41) is 0.656. The zero-order chi connectivity index (χ0) is 11.8. The second-order valence-corrected chi connectivity index (χ2v) is 4.24. The van der Waals surface area contributed by atoms with Crippen molar-refractivity contribution in [2.75, 3.05) is 0 Å². The number of rotatable bonds is 1. The quantitative estimate of drug-likeness (QED) is 0.661. The molecule has 5 heteroatoms. The Morgan fingerprint density at radius 1 is 1.06 bits per heavy atom. The number of aryl methyl sites for hydroxylation is 1. The summed E-state index contributed by atoms with van der Waals surface area (Å²) < 4.78 is 1.88. The fourth-order valence-corrected chi connectivity index (χ4v) is 1.80. The molecule has 0 N–H and O–H groups in total. The second-order valence-electron chi connectivity index (χ2n) is 3.81. The minimum atomic E-state index is 0.595. The Bertz CT molecular complexity index is 673. The third-order valence-corrected chi connectivity index (χ3v) is 2.70. The molecule has 0 aliphatic rings. The van der Waals surface area contributed by atoms with Crippen LogP contribution in [0.15, 0.2) is 36.9 Å². The number of nitrogens with zero attached hydrogens (tertiary/aromatic N) is 4. The van der Waals surface area contributed by atoms with Gasteiger partial charge in [0.25, 0.3) is 0 Å². The number of pyridine rings is 1. The molecule has 84 valence electrons. The second kappa shape index (κ2) is 3.82. The topological polar surface area (TPSA) is 43.1 Å². The number of imidazole rings is 1. The zero-order valence-electron chi connectivity index (χ0n) is 9.13. The lowest BCUT2D eigenvalue weighted by Gasteiger charge is -2.00. The molecule has 17 heavy (non-hydrogen) atoms. The third-order valence-electron chi connectivity index (χ3n) is 2.47. The monoisotopic (exact) mass is 244 g/mol. The van der Waals surface area contributed by atoms with Crippen molar-refractivity contribution in [1.82, 2.24) is 19.4 Å². The smallest absolute Gasteiger partial charge is 0.196 e. The van der Waals surface area contributed by atoms with Crippen molar-refractivity contribution in [3.63, 3.8) is 0 Å². The van der Waals surface area contributed by atoms with Gasteiger partial charge < -0.3 is 0 Å². The van der Waals surface area contributed by atoms with Crippen LogP contribution in [0, 0.1) is 6.92 Å². The van der Waals surface area contributed by atoms with E-state index < -0.39 is 0 Å². The number of fused-ring (bicyclic) bond motifs is 1. The van der Waals surface area contributed by atoms with E-state index in [1.54, 1.807) is 18.6 Å². The molecule has 3 aromatic rings. The Labute approximate surface area is 103 Å². The summed E-state index contributed by atoms with van der Waals surface area (Å²) >= 11 is 5.97. The van der Waals surface area contributed by atoms with Crippen molar-refractivity contribution < 1.29 is 0 Å². The molecule has 0 aliphatic carbocycles. The highest BCUT2D eigenvalue weighted by Crippen LogP contribution is 2.18. The Morgan fingerprint density at radius 2 is 1.82 bits per heavy atom. The van der Waals surface area contributed by atoms with E-state index in [0.29, 0.717) is 16.7 Å². The minimum absolute atomic E-state index is 0.595. The summed E-state index contributed by atoms with van der Waals surface area (Å²) in [5.41, 5.74) is 1.99. The highest BCUT2D eigenvalue weighted by molar-refractivity contribution is 6.30. The first-order chi connectivity index (χ1) is 8.24. The fourth-order valence-electron chi connectivity index (χ4n) is 1.64. The molecule has 0 atom stereocenters. The van der Waals surface area contributed by atoms with Crippen molar-refractivity contribution in [3.8, 4) is 11.6 Å². The largest absolute Gasteiger partial charge is 0.296 e. The summed E-state index contributed by atoms with van der Waals surface area (Å²) in [7, 11) is 0. The minimum Gasteiger partial charge on any atom is -0.296 e. The van der Waals surface area contributed by atoms with Crippen LogP contribution in [0.25, 0.3) is 17.2 Å². The van der Waals surface area contributed by atoms with Crippen LogP contribution in [0.5, 0.6) is 0 Å². The summed E-state index contributed by atoms with van der Waals surface area (Å²) in [5.74, 6) is 1.29. The molecule has 3 rings (SSSR count). The van der Waals surface area contributed by atoms with E-state index in [0.717, 1.165) is 11.1 Å². The van der Waals surface area contributed by atoms with Gasteiger partial charge >= 0.3 is 0 Å². The molecular formula is C12H9ClN4. The van der Waals surface area contributed by atoms with Crippen LogP contribution in [0.4, 0.5) is 0 Å². The molecule has 0 saturated carbocycles. The van der Waals surface area contributed by atoms with Gasteiger partial charge in [-0.2, -0.15) is 0 Å². The molecule has 0 fully saturated rings. The van der Waals surface area contributed by atoms with E-state index in [1.165, 1.54) is 0 Å². The van der Waals surface area contributed by atoms with Crippen molar-refractivity contribution in [2.45, 2.75) is 6.92 Å². The lowest BCUT2D eigenvalue weighted by atomic mass is 10.4. The summed E-state index contributed by atoms with van der Waals surface area (Å²) in [6, 6.07) is 3.74. The Morgan fingerprint density at radius 3 is 2.59 bits per heavy atom. The number of aromatic nitrogens is 4. The Hall–Kier alpha value is -1.94. The van der Waals surface area contributed by atoms with Gasteiger partial charge in [-0.05, 0) is 24.6 Å². The van der Waals surface area contributed by atoms with Gasteiger partial charge in [-0.3, -0.25) is 4.40 Å². The normalized spacial score (nSPS) is 10.9. The molecule has 0 unspecified atom stereocenters. The molecule has 4 nitrogen and oxygen atoms in total.